The molecular weight excluding hydrogens is 338 g/mol. The van der Waals surface area contributed by atoms with Gasteiger partial charge in [0, 0.05) is 12.8 Å². The van der Waals surface area contributed by atoms with Crippen molar-refractivity contribution in [1.82, 2.24) is 0 Å². The smallest absolute Gasteiger partial charge is 0.0276 e. The highest BCUT2D eigenvalue weighted by atomic mass is 14.7. The quantitative estimate of drug-likeness (QED) is 0.182. The third kappa shape index (κ3) is 25.7. The molecule has 0 rings (SSSR count). The summed E-state index contributed by atoms with van der Waals surface area (Å²) in [6.45, 7) is 18.6. The van der Waals surface area contributed by atoms with Crippen molar-refractivity contribution in [1.29, 1.82) is 0 Å². The van der Waals surface area contributed by atoms with Gasteiger partial charge in [-0.15, -0.1) is 0 Å². The summed E-state index contributed by atoms with van der Waals surface area (Å²) in [6, 6.07) is 0. The molecule has 0 bridgehead atoms. The monoisotopic (exact) mass is 395 g/mol. The molecular formula is C27H57N. The fourth-order valence-electron chi connectivity index (χ4n) is 3.60. The van der Waals surface area contributed by atoms with Gasteiger partial charge in [-0.3, -0.25) is 4.99 Å². The van der Waals surface area contributed by atoms with Gasteiger partial charge < -0.3 is 0 Å². The van der Waals surface area contributed by atoms with E-state index in [1.165, 1.54) is 89.2 Å². The van der Waals surface area contributed by atoms with Gasteiger partial charge in [0.2, 0.25) is 0 Å². The van der Waals surface area contributed by atoms with Gasteiger partial charge in [0.25, 0.3) is 0 Å². The van der Waals surface area contributed by atoms with Crippen molar-refractivity contribution in [3.8, 4) is 0 Å². The molecule has 28 heavy (non-hydrogen) atoms. The first kappa shape index (κ1) is 29.9. The summed E-state index contributed by atoms with van der Waals surface area (Å²) in [7, 11) is 1.86. The van der Waals surface area contributed by atoms with Gasteiger partial charge in [0.15, 0.2) is 0 Å². The molecule has 1 heteroatoms. The maximum Gasteiger partial charge on any atom is 0.0276 e. The average molecular weight is 396 g/mol. The van der Waals surface area contributed by atoms with E-state index in [1.54, 1.807) is 0 Å². The number of hydrogen-bond donors (Lipinski definition) is 0. The molecule has 0 N–H and O–H groups in total. The van der Waals surface area contributed by atoms with Crippen molar-refractivity contribution in [2.45, 2.75) is 139 Å². The summed E-state index contributed by atoms with van der Waals surface area (Å²) < 4.78 is 0. The molecule has 0 aliphatic heterocycles. The van der Waals surface area contributed by atoms with E-state index in [0.29, 0.717) is 0 Å². The van der Waals surface area contributed by atoms with Gasteiger partial charge in [0.1, 0.15) is 0 Å². The normalized spacial score (nSPS) is 14.2. The zero-order valence-electron chi connectivity index (χ0n) is 21.4. The number of hydrogen-bond acceptors (Lipinski definition) is 1. The van der Waals surface area contributed by atoms with Crippen molar-refractivity contribution in [2.75, 3.05) is 7.05 Å². The van der Waals surface area contributed by atoms with Crippen molar-refractivity contribution in [3.63, 3.8) is 0 Å². The van der Waals surface area contributed by atoms with E-state index in [4.69, 9.17) is 0 Å². The molecule has 0 aromatic rings. The molecule has 2 atom stereocenters. The molecule has 0 saturated heterocycles. The lowest BCUT2D eigenvalue weighted by Gasteiger charge is -2.15. The van der Waals surface area contributed by atoms with E-state index < -0.39 is 0 Å². The van der Waals surface area contributed by atoms with Crippen LogP contribution >= 0.6 is 0 Å². The number of unbranched alkanes of at least 4 members (excludes halogenated alkanes) is 2. The van der Waals surface area contributed by atoms with Gasteiger partial charge >= 0.3 is 0 Å². The van der Waals surface area contributed by atoms with Crippen molar-refractivity contribution in [3.05, 3.63) is 0 Å². The summed E-state index contributed by atoms with van der Waals surface area (Å²) in [5.74, 6) is 3.66. The Labute approximate surface area is 180 Å². The Hall–Kier alpha value is -0.330. The minimum absolute atomic E-state index is 0.883. The molecule has 1 nitrogen and oxygen atoms in total. The topological polar surface area (TPSA) is 12.4 Å². The second-order valence-electron chi connectivity index (χ2n) is 10.2. The third-order valence-corrected chi connectivity index (χ3v) is 5.87. The van der Waals surface area contributed by atoms with Gasteiger partial charge in [-0.05, 0) is 43.4 Å². The highest BCUT2D eigenvalue weighted by Gasteiger charge is 2.06. The maximum absolute atomic E-state index is 4.08. The molecule has 170 valence electrons. The Balaban J connectivity index is 0. The molecule has 0 aromatic carbocycles. The second kappa shape index (κ2) is 21.4. The van der Waals surface area contributed by atoms with E-state index in [1.807, 2.05) is 7.05 Å². The lowest BCUT2D eigenvalue weighted by atomic mass is 9.91. The second-order valence-corrected chi connectivity index (χ2v) is 10.2. The Morgan fingerprint density at radius 2 is 1.00 bits per heavy atom. The molecule has 0 aliphatic rings. The Kier molecular flexibility index (Phi) is 22.8. The SMILES string of the molecule is CC(C)CCCC(C)CCCC(C)CCCC(C)C.CCCCCC(C)=NC. The number of aliphatic imine (C=N–C) groups is 1. The minimum atomic E-state index is 0.883. The maximum atomic E-state index is 4.08. The summed E-state index contributed by atoms with van der Waals surface area (Å²) in [6.07, 6.45) is 18.1. The van der Waals surface area contributed by atoms with Crippen LogP contribution in [0, 0.1) is 23.7 Å². The largest absolute Gasteiger partial charge is 0.298 e. The van der Waals surface area contributed by atoms with Crippen LogP contribution in [-0.2, 0) is 0 Å². The van der Waals surface area contributed by atoms with Crippen molar-refractivity contribution in [2.24, 2.45) is 28.7 Å². The van der Waals surface area contributed by atoms with Crippen LogP contribution in [0.1, 0.15) is 139 Å². The van der Waals surface area contributed by atoms with Crippen LogP contribution < -0.4 is 0 Å². The van der Waals surface area contributed by atoms with Crippen LogP contribution in [0.15, 0.2) is 4.99 Å². The molecule has 2 unspecified atom stereocenters. The van der Waals surface area contributed by atoms with Crippen molar-refractivity contribution < 1.29 is 0 Å². The Bertz CT molecular complexity index is 309. The predicted molar refractivity (Wildman–Crippen MR) is 133 cm³/mol. The van der Waals surface area contributed by atoms with E-state index in [-0.39, 0.29) is 0 Å². The van der Waals surface area contributed by atoms with Crippen LogP contribution in [0.4, 0.5) is 0 Å². The third-order valence-electron chi connectivity index (χ3n) is 5.87. The van der Waals surface area contributed by atoms with Gasteiger partial charge in [-0.2, -0.15) is 0 Å². The van der Waals surface area contributed by atoms with Gasteiger partial charge in [-0.1, -0.05) is 119 Å². The van der Waals surface area contributed by atoms with Crippen LogP contribution in [0.2, 0.25) is 0 Å². The fraction of sp³-hybridized carbons (Fsp3) is 0.963. The zero-order chi connectivity index (χ0) is 21.8. The molecule has 0 aromatic heterocycles. The lowest BCUT2D eigenvalue weighted by molar-refractivity contribution is 0.381. The Morgan fingerprint density at radius 1 is 0.607 bits per heavy atom. The Morgan fingerprint density at radius 3 is 1.32 bits per heavy atom. The summed E-state index contributed by atoms with van der Waals surface area (Å²) in [4.78, 5) is 4.08. The molecule has 0 spiro atoms. The first-order chi connectivity index (χ1) is 13.2. The van der Waals surface area contributed by atoms with Crippen LogP contribution in [0.3, 0.4) is 0 Å². The van der Waals surface area contributed by atoms with Crippen LogP contribution in [0.25, 0.3) is 0 Å². The predicted octanol–water partition coefficient (Wildman–Crippen LogP) is 9.74. The summed E-state index contributed by atoms with van der Waals surface area (Å²) >= 11 is 0. The zero-order valence-corrected chi connectivity index (χ0v) is 21.4. The number of nitrogens with zero attached hydrogens (tertiary/aromatic N) is 1. The highest BCUT2D eigenvalue weighted by molar-refractivity contribution is 5.81. The first-order valence-corrected chi connectivity index (χ1v) is 12.6. The van der Waals surface area contributed by atoms with E-state index >= 15 is 0 Å². The number of rotatable bonds is 16. The minimum Gasteiger partial charge on any atom is -0.298 e. The van der Waals surface area contributed by atoms with Crippen molar-refractivity contribution >= 4 is 5.71 Å². The first-order valence-electron chi connectivity index (χ1n) is 12.6. The molecule has 0 fully saturated rings. The molecule has 0 heterocycles. The molecule has 0 aliphatic carbocycles. The van der Waals surface area contributed by atoms with E-state index in [9.17, 15) is 0 Å². The molecule has 0 amide bonds. The van der Waals surface area contributed by atoms with Gasteiger partial charge in [0.05, 0.1) is 0 Å². The van der Waals surface area contributed by atoms with Gasteiger partial charge in [-0.25, -0.2) is 0 Å². The van der Waals surface area contributed by atoms with Crippen LogP contribution in [0.5, 0.6) is 0 Å². The standard InChI is InChI=1S/C19H40.C8H17N/c1-16(2)10-7-12-18(5)14-9-15-19(6)13-8-11-17(3)4;1-4-5-6-7-8(2)9-3/h16-19H,7-15H2,1-6H3;4-7H2,1-3H3. The van der Waals surface area contributed by atoms with E-state index in [0.717, 1.165) is 23.7 Å². The highest BCUT2D eigenvalue weighted by Crippen LogP contribution is 2.21. The average Bonchev–Trinajstić information content (AvgIpc) is 2.61. The van der Waals surface area contributed by atoms with Crippen LogP contribution in [-0.4, -0.2) is 12.8 Å². The van der Waals surface area contributed by atoms with E-state index in [2.05, 4.69) is 60.4 Å². The molecule has 0 saturated carbocycles. The summed E-state index contributed by atoms with van der Waals surface area (Å²) in [5, 5.41) is 0. The fourth-order valence-corrected chi connectivity index (χ4v) is 3.60. The molecule has 0 radical (unpaired) electrons. The summed E-state index contributed by atoms with van der Waals surface area (Å²) in [5.41, 5.74) is 1.28. The lowest BCUT2D eigenvalue weighted by Crippen LogP contribution is -2.00.